The number of nitrogens with one attached hydrogen (secondary N) is 2. The Labute approximate surface area is 157 Å². The molecule has 2 amide bonds. The molecule has 26 heavy (non-hydrogen) atoms. The smallest absolute Gasteiger partial charge is 0.257 e. The van der Waals surface area contributed by atoms with E-state index in [0.29, 0.717) is 4.34 Å². The Morgan fingerprint density at radius 1 is 1.23 bits per heavy atom. The van der Waals surface area contributed by atoms with Gasteiger partial charge in [-0.3, -0.25) is 20.1 Å². The number of hydroxylamine groups is 1. The van der Waals surface area contributed by atoms with Crippen LogP contribution in [0, 0.1) is 0 Å². The van der Waals surface area contributed by atoms with E-state index in [1.54, 1.807) is 0 Å². The lowest BCUT2D eigenvalue weighted by molar-refractivity contribution is -0.126. The van der Waals surface area contributed by atoms with Gasteiger partial charge in [0, 0.05) is 19.7 Å². The number of anilines is 1. The molecule has 0 saturated carbocycles. The number of rotatable bonds is 7. The van der Waals surface area contributed by atoms with Crippen molar-refractivity contribution in [3.05, 3.63) is 29.8 Å². The highest BCUT2D eigenvalue weighted by Gasteiger charge is 2.18. The monoisotopic (exact) mass is 417 g/mol. The summed E-state index contributed by atoms with van der Waals surface area (Å²) in [6, 6.07) is 5.49. The summed E-state index contributed by atoms with van der Waals surface area (Å²) in [5.41, 5.74) is 1.76. The maximum Gasteiger partial charge on any atom is 0.257 e. The number of nitrogens with zero attached hydrogens (tertiary/aromatic N) is 3. The molecule has 0 bridgehead atoms. The fraction of sp³-hybridized carbons (Fsp3) is 0.231. The number of sulfonamides is 1. The van der Waals surface area contributed by atoms with Gasteiger partial charge < -0.3 is 0 Å². The van der Waals surface area contributed by atoms with Gasteiger partial charge in [-0.05, 0) is 24.3 Å². The summed E-state index contributed by atoms with van der Waals surface area (Å²) >= 11 is 2.12. The number of benzene rings is 1. The van der Waals surface area contributed by atoms with Gasteiger partial charge in [0.25, 0.3) is 11.8 Å². The third-order valence-corrected chi connectivity index (χ3v) is 6.77. The largest absolute Gasteiger partial charge is 0.296 e. The van der Waals surface area contributed by atoms with Crippen LogP contribution in [-0.2, 0) is 14.8 Å². The Bertz CT molecular complexity index is 895. The van der Waals surface area contributed by atoms with Crippen molar-refractivity contribution in [2.45, 2.75) is 9.24 Å². The third kappa shape index (κ3) is 4.98. The van der Waals surface area contributed by atoms with Gasteiger partial charge in [0.2, 0.25) is 15.2 Å². The molecule has 0 aliphatic carbocycles. The molecule has 140 valence electrons. The molecular weight excluding hydrogens is 402 g/mol. The van der Waals surface area contributed by atoms with E-state index in [4.69, 9.17) is 5.21 Å². The summed E-state index contributed by atoms with van der Waals surface area (Å²) in [6.45, 7) is 0. The number of carbonyl (C=O) groups excluding carboxylic acids is 2. The Kier molecular flexibility index (Phi) is 6.66. The lowest BCUT2D eigenvalue weighted by atomic mass is 10.2. The first-order chi connectivity index (χ1) is 12.2. The molecule has 0 unspecified atom stereocenters. The second kappa shape index (κ2) is 8.55. The summed E-state index contributed by atoms with van der Waals surface area (Å²) < 4.78 is 25.5. The second-order valence-corrected chi connectivity index (χ2v) is 9.31. The lowest BCUT2D eigenvalue weighted by Gasteiger charge is -2.11. The minimum absolute atomic E-state index is 0.0408. The molecule has 1 aromatic carbocycles. The Hall–Kier alpha value is -2.06. The number of carbonyl (C=O) groups is 2. The number of thioether (sulfide) groups is 1. The van der Waals surface area contributed by atoms with Crippen LogP contribution in [0.25, 0.3) is 0 Å². The predicted molar refractivity (Wildman–Crippen MR) is 95.8 cm³/mol. The number of aromatic nitrogens is 2. The number of hydrogen-bond donors (Lipinski definition) is 3. The number of amides is 2. The van der Waals surface area contributed by atoms with E-state index in [2.05, 4.69) is 15.5 Å². The zero-order valence-corrected chi connectivity index (χ0v) is 16.1. The average molecular weight is 417 g/mol. The molecule has 2 rings (SSSR count). The maximum atomic E-state index is 12.2. The minimum atomic E-state index is -3.56. The van der Waals surface area contributed by atoms with Gasteiger partial charge >= 0.3 is 0 Å². The van der Waals surface area contributed by atoms with Gasteiger partial charge in [-0.15, -0.1) is 10.2 Å². The molecule has 0 atom stereocenters. The van der Waals surface area contributed by atoms with Crippen molar-refractivity contribution >= 4 is 50.1 Å². The van der Waals surface area contributed by atoms with Gasteiger partial charge in [-0.1, -0.05) is 23.1 Å². The molecule has 1 aromatic heterocycles. The van der Waals surface area contributed by atoms with Gasteiger partial charge in [0.05, 0.1) is 10.6 Å². The number of hydrogen-bond acceptors (Lipinski definition) is 9. The van der Waals surface area contributed by atoms with Crippen LogP contribution >= 0.6 is 23.1 Å². The Morgan fingerprint density at radius 3 is 2.46 bits per heavy atom. The van der Waals surface area contributed by atoms with E-state index in [-0.39, 0.29) is 21.3 Å². The maximum absolute atomic E-state index is 12.2. The van der Waals surface area contributed by atoms with Crippen LogP contribution < -0.4 is 10.8 Å². The molecule has 10 nitrogen and oxygen atoms in total. The summed E-state index contributed by atoms with van der Waals surface area (Å²) in [4.78, 5) is 23.2. The fourth-order valence-corrected chi connectivity index (χ4v) is 4.08. The van der Waals surface area contributed by atoms with Gasteiger partial charge in [-0.25, -0.2) is 18.2 Å². The van der Waals surface area contributed by atoms with E-state index >= 15 is 0 Å². The van der Waals surface area contributed by atoms with E-state index in [0.717, 1.165) is 27.4 Å². The van der Waals surface area contributed by atoms with Gasteiger partial charge in [0.1, 0.15) is 0 Å². The molecular formula is C13H15N5O5S3. The minimum Gasteiger partial charge on any atom is -0.296 e. The second-order valence-electron chi connectivity index (χ2n) is 4.96. The molecule has 13 heteroatoms. The summed E-state index contributed by atoms with van der Waals surface area (Å²) in [5, 5.41) is 18.8. The Balaban J connectivity index is 2.02. The summed E-state index contributed by atoms with van der Waals surface area (Å²) in [6.07, 6.45) is 0. The normalized spacial score (nSPS) is 11.4. The lowest BCUT2D eigenvalue weighted by Crippen LogP contribution is -2.22. The highest BCUT2D eigenvalue weighted by Crippen LogP contribution is 2.25. The standard InChI is InChI=1S/C13H15N5O5S3/c1-18(2)26(22,23)9-5-3-8(4-6-9)11(20)14-12-15-16-13(25-12)24-7-10(19)17-21/h3-6,21H,7H2,1-2H3,(H,17,19)(H,14,15,20). The van der Waals surface area contributed by atoms with Gasteiger partial charge in [-0.2, -0.15) is 0 Å². The quantitative estimate of drug-likeness (QED) is 0.258. The molecule has 0 aliphatic rings. The first-order valence-corrected chi connectivity index (χ1v) is 10.2. The molecule has 3 N–H and O–H groups in total. The molecule has 0 radical (unpaired) electrons. The first kappa shape index (κ1) is 20.3. The molecule has 0 saturated heterocycles. The van der Waals surface area contributed by atoms with Crippen molar-refractivity contribution in [2.24, 2.45) is 0 Å². The molecule has 0 aliphatic heterocycles. The van der Waals surface area contributed by atoms with E-state index in [1.807, 2.05) is 0 Å². The van der Waals surface area contributed by atoms with E-state index in [9.17, 15) is 18.0 Å². The van der Waals surface area contributed by atoms with Crippen molar-refractivity contribution in [2.75, 3.05) is 25.2 Å². The van der Waals surface area contributed by atoms with Crippen molar-refractivity contribution in [1.82, 2.24) is 20.0 Å². The van der Waals surface area contributed by atoms with E-state index < -0.39 is 21.8 Å². The molecule has 0 spiro atoms. The van der Waals surface area contributed by atoms with Crippen LogP contribution in [0.5, 0.6) is 0 Å². The van der Waals surface area contributed by atoms with Crippen LogP contribution in [0.1, 0.15) is 10.4 Å². The summed E-state index contributed by atoms with van der Waals surface area (Å²) in [5.74, 6) is -1.09. The zero-order chi connectivity index (χ0) is 19.3. The van der Waals surface area contributed by atoms with Crippen LogP contribution in [0.4, 0.5) is 5.13 Å². The van der Waals surface area contributed by atoms with Crippen LogP contribution in [0.3, 0.4) is 0 Å². The molecule has 0 fully saturated rings. The third-order valence-electron chi connectivity index (χ3n) is 2.97. The zero-order valence-electron chi connectivity index (χ0n) is 13.7. The van der Waals surface area contributed by atoms with Gasteiger partial charge in [0.15, 0.2) is 4.34 Å². The SMILES string of the molecule is CN(C)S(=O)(=O)c1ccc(C(=O)Nc2nnc(SCC(=O)NO)s2)cc1. The molecule has 1 heterocycles. The van der Waals surface area contributed by atoms with Crippen molar-refractivity contribution in [3.8, 4) is 0 Å². The van der Waals surface area contributed by atoms with Crippen LogP contribution in [-0.4, -0.2) is 59.8 Å². The van der Waals surface area contributed by atoms with E-state index in [1.165, 1.54) is 43.8 Å². The van der Waals surface area contributed by atoms with Crippen molar-refractivity contribution in [3.63, 3.8) is 0 Å². The highest BCUT2D eigenvalue weighted by molar-refractivity contribution is 8.01. The predicted octanol–water partition coefficient (Wildman–Crippen LogP) is 0.638. The van der Waals surface area contributed by atoms with Crippen LogP contribution in [0.2, 0.25) is 0 Å². The van der Waals surface area contributed by atoms with Crippen LogP contribution in [0.15, 0.2) is 33.5 Å². The highest BCUT2D eigenvalue weighted by atomic mass is 32.2. The Morgan fingerprint density at radius 2 is 1.88 bits per heavy atom. The van der Waals surface area contributed by atoms with Crippen molar-refractivity contribution in [1.29, 1.82) is 0 Å². The van der Waals surface area contributed by atoms with Crippen molar-refractivity contribution < 1.29 is 23.2 Å². The molecule has 2 aromatic rings. The summed E-state index contributed by atoms with van der Waals surface area (Å²) in [7, 11) is -0.719. The first-order valence-electron chi connectivity index (χ1n) is 6.97. The topological polar surface area (TPSA) is 142 Å². The average Bonchev–Trinajstić information content (AvgIpc) is 3.06. The fourth-order valence-electron chi connectivity index (χ4n) is 1.64.